The molecule has 0 fully saturated rings. The summed E-state index contributed by atoms with van der Waals surface area (Å²) in [6, 6.07) is 22.4. The molecule has 0 aliphatic rings. The molecule has 0 atom stereocenters. The van der Waals surface area contributed by atoms with Crippen molar-refractivity contribution in [1.29, 1.82) is 0 Å². The maximum Gasteiger partial charge on any atom is 0.165 e. The normalized spacial score (nSPS) is 10.9. The maximum atomic E-state index is 5.94. The van der Waals surface area contributed by atoms with Gasteiger partial charge in [0, 0.05) is 10.9 Å². The van der Waals surface area contributed by atoms with Crippen molar-refractivity contribution in [2.24, 2.45) is 0 Å². The topological polar surface area (TPSA) is 49.2 Å². The predicted molar refractivity (Wildman–Crippen MR) is 130 cm³/mol. The summed E-state index contributed by atoms with van der Waals surface area (Å²) in [7, 11) is 1.68. The third-order valence-electron chi connectivity index (χ3n) is 4.93. The Morgan fingerprint density at radius 1 is 0.938 bits per heavy atom. The Kier molecular flexibility index (Phi) is 6.00. The van der Waals surface area contributed by atoms with Gasteiger partial charge in [0.15, 0.2) is 5.75 Å². The second-order valence-corrected chi connectivity index (χ2v) is 8.97. The highest BCUT2D eigenvalue weighted by molar-refractivity contribution is 7.13. The van der Waals surface area contributed by atoms with E-state index in [0.717, 1.165) is 43.9 Å². The van der Waals surface area contributed by atoms with E-state index in [9.17, 15) is 0 Å². The molecule has 0 saturated heterocycles. The quantitative estimate of drug-likeness (QED) is 0.270. The van der Waals surface area contributed by atoms with Crippen LogP contribution in [0.4, 0.5) is 0 Å². The molecule has 0 spiro atoms. The Labute approximate surface area is 194 Å². The lowest BCUT2D eigenvalue weighted by molar-refractivity contribution is 0.302. The molecule has 32 heavy (non-hydrogen) atoms. The fourth-order valence-electron chi connectivity index (χ4n) is 3.34. The SMILES string of the molecule is COc1cn(Cc2ccc(OCc3csc(-c4ccccc4)n3)cc2)nc1-c1cccs1. The van der Waals surface area contributed by atoms with Gasteiger partial charge in [-0.3, -0.25) is 4.68 Å². The fraction of sp³-hybridized carbons (Fsp3) is 0.120. The van der Waals surface area contributed by atoms with E-state index >= 15 is 0 Å². The molecule has 0 aliphatic carbocycles. The van der Waals surface area contributed by atoms with E-state index in [2.05, 4.69) is 35.3 Å². The molecule has 2 aromatic carbocycles. The highest BCUT2D eigenvalue weighted by Gasteiger charge is 2.13. The Balaban J connectivity index is 1.21. The van der Waals surface area contributed by atoms with E-state index in [1.54, 1.807) is 29.8 Å². The standard InChI is InChI=1S/C25H21N3O2S2/c1-29-22-15-28(27-24(22)23-8-5-13-31-23)14-18-9-11-21(12-10-18)30-16-20-17-32-25(26-20)19-6-3-2-4-7-19/h2-13,15,17H,14,16H2,1H3. The van der Waals surface area contributed by atoms with Crippen LogP contribution in [0.2, 0.25) is 0 Å². The van der Waals surface area contributed by atoms with E-state index < -0.39 is 0 Å². The van der Waals surface area contributed by atoms with Crippen molar-refractivity contribution in [2.45, 2.75) is 13.2 Å². The molecule has 7 heteroatoms. The van der Waals surface area contributed by atoms with Crippen LogP contribution in [0.15, 0.2) is 83.7 Å². The maximum absolute atomic E-state index is 5.94. The summed E-state index contributed by atoms with van der Waals surface area (Å²) in [6.07, 6.45) is 1.94. The van der Waals surface area contributed by atoms with Crippen LogP contribution in [-0.2, 0) is 13.2 Å². The first-order valence-corrected chi connectivity index (χ1v) is 11.9. The van der Waals surface area contributed by atoms with Gasteiger partial charge in [0.05, 0.1) is 30.4 Å². The number of thiophene rings is 1. The van der Waals surface area contributed by atoms with Gasteiger partial charge in [-0.15, -0.1) is 22.7 Å². The number of thiazole rings is 1. The molecule has 5 rings (SSSR count). The van der Waals surface area contributed by atoms with E-state index in [1.165, 1.54) is 0 Å². The van der Waals surface area contributed by atoms with Crippen molar-refractivity contribution in [3.8, 4) is 32.6 Å². The molecule has 0 unspecified atom stereocenters. The van der Waals surface area contributed by atoms with Crippen LogP contribution in [0, 0.1) is 0 Å². The predicted octanol–water partition coefficient (Wildman–Crippen LogP) is 6.37. The molecule has 5 nitrogen and oxygen atoms in total. The Bertz CT molecular complexity index is 1280. The Hall–Kier alpha value is -3.42. The number of ether oxygens (including phenoxy) is 2. The monoisotopic (exact) mass is 459 g/mol. The molecule has 0 saturated carbocycles. The van der Waals surface area contributed by atoms with Crippen molar-refractivity contribution >= 4 is 22.7 Å². The fourth-order valence-corrected chi connectivity index (χ4v) is 4.86. The van der Waals surface area contributed by atoms with Gasteiger partial charge in [0.25, 0.3) is 0 Å². The molecule has 0 bridgehead atoms. The second kappa shape index (κ2) is 9.38. The number of methoxy groups -OCH3 is 1. The lowest BCUT2D eigenvalue weighted by atomic mass is 10.2. The van der Waals surface area contributed by atoms with Crippen LogP contribution in [0.1, 0.15) is 11.3 Å². The summed E-state index contributed by atoms with van der Waals surface area (Å²) >= 11 is 3.29. The van der Waals surface area contributed by atoms with Crippen molar-refractivity contribution in [3.63, 3.8) is 0 Å². The minimum Gasteiger partial charge on any atom is -0.493 e. The van der Waals surface area contributed by atoms with Crippen LogP contribution in [0.3, 0.4) is 0 Å². The molecule has 3 aromatic heterocycles. The minimum absolute atomic E-state index is 0.448. The van der Waals surface area contributed by atoms with E-state index in [-0.39, 0.29) is 0 Å². The molecule has 160 valence electrons. The van der Waals surface area contributed by atoms with Gasteiger partial charge in [0.2, 0.25) is 0 Å². The second-order valence-electron chi connectivity index (χ2n) is 7.16. The van der Waals surface area contributed by atoms with Crippen LogP contribution in [0.5, 0.6) is 11.5 Å². The van der Waals surface area contributed by atoms with Gasteiger partial charge in [0.1, 0.15) is 23.1 Å². The average Bonchev–Trinajstić information content (AvgIpc) is 3.60. The van der Waals surface area contributed by atoms with Gasteiger partial charge in [-0.2, -0.15) is 5.10 Å². The Morgan fingerprint density at radius 2 is 1.78 bits per heavy atom. The summed E-state index contributed by atoms with van der Waals surface area (Å²) < 4.78 is 13.4. The summed E-state index contributed by atoms with van der Waals surface area (Å²) in [4.78, 5) is 5.78. The smallest absolute Gasteiger partial charge is 0.165 e. The summed E-state index contributed by atoms with van der Waals surface area (Å²) in [5.74, 6) is 1.60. The van der Waals surface area contributed by atoms with Crippen LogP contribution >= 0.6 is 22.7 Å². The van der Waals surface area contributed by atoms with Gasteiger partial charge in [-0.05, 0) is 29.1 Å². The molecule has 3 heterocycles. The first-order chi connectivity index (χ1) is 15.8. The van der Waals surface area contributed by atoms with Crippen molar-refractivity contribution in [1.82, 2.24) is 14.8 Å². The summed E-state index contributed by atoms with van der Waals surface area (Å²) in [5, 5.41) is 9.81. The van der Waals surface area contributed by atoms with Crippen molar-refractivity contribution < 1.29 is 9.47 Å². The summed E-state index contributed by atoms with van der Waals surface area (Å²) in [6.45, 7) is 1.11. The summed E-state index contributed by atoms with van der Waals surface area (Å²) in [5.41, 5.74) is 4.08. The number of benzene rings is 2. The zero-order valence-electron chi connectivity index (χ0n) is 17.5. The number of hydrogen-bond donors (Lipinski definition) is 0. The average molecular weight is 460 g/mol. The first kappa shape index (κ1) is 20.5. The lowest BCUT2D eigenvalue weighted by Gasteiger charge is -2.06. The van der Waals surface area contributed by atoms with Gasteiger partial charge < -0.3 is 9.47 Å². The van der Waals surface area contributed by atoms with Gasteiger partial charge >= 0.3 is 0 Å². The van der Waals surface area contributed by atoms with Gasteiger partial charge in [-0.25, -0.2) is 4.98 Å². The van der Waals surface area contributed by atoms with Crippen LogP contribution in [-0.4, -0.2) is 21.9 Å². The third kappa shape index (κ3) is 4.59. The number of rotatable bonds is 8. The molecule has 0 amide bonds. The largest absolute Gasteiger partial charge is 0.493 e. The van der Waals surface area contributed by atoms with Crippen LogP contribution < -0.4 is 9.47 Å². The van der Waals surface area contributed by atoms with E-state index in [1.807, 2.05) is 58.0 Å². The molecular weight excluding hydrogens is 438 g/mol. The zero-order valence-corrected chi connectivity index (χ0v) is 19.1. The van der Waals surface area contributed by atoms with Crippen molar-refractivity contribution in [2.75, 3.05) is 7.11 Å². The number of aromatic nitrogens is 3. The third-order valence-corrected chi connectivity index (χ3v) is 6.75. The number of hydrogen-bond acceptors (Lipinski definition) is 6. The molecule has 0 N–H and O–H groups in total. The highest BCUT2D eigenvalue weighted by Crippen LogP contribution is 2.32. The molecule has 0 radical (unpaired) electrons. The van der Waals surface area contributed by atoms with Crippen molar-refractivity contribution in [3.05, 3.63) is 94.9 Å². The Morgan fingerprint density at radius 3 is 2.53 bits per heavy atom. The molecule has 0 aliphatic heterocycles. The minimum atomic E-state index is 0.448. The first-order valence-electron chi connectivity index (χ1n) is 10.2. The molecular formula is C25H21N3O2S2. The molecule has 5 aromatic rings. The van der Waals surface area contributed by atoms with E-state index in [0.29, 0.717) is 13.2 Å². The van der Waals surface area contributed by atoms with Gasteiger partial charge in [-0.1, -0.05) is 48.5 Å². The zero-order chi connectivity index (χ0) is 21.8. The highest BCUT2D eigenvalue weighted by atomic mass is 32.1. The lowest BCUT2D eigenvalue weighted by Crippen LogP contribution is -2.01. The van der Waals surface area contributed by atoms with Crippen LogP contribution in [0.25, 0.3) is 21.1 Å². The van der Waals surface area contributed by atoms with E-state index in [4.69, 9.17) is 14.6 Å². The number of nitrogens with zero attached hydrogens (tertiary/aromatic N) is 3.